The summed E-state index contributed by atoms with van der Waals surface area (Å²) < 4.78 is 8.13. The zero-order valence-corrected chi connectivity index (χ0v) is 15.7. The van der Waals surface area contributed by atoms with E-state index in [1.807, 2.05) is 0 Å². The van der Waals surface area contributed by atoms with Crippen LogP contribution in [0.4, 0.5) is 0 Å². The number of nitrogens with zero attached hydrogens (tertiary/aromatic N) is 3. The van der Waals surface area contributed by atoms with Gasteiger partial charge in [-0.05, 0) is 11.6 Å². The summed E-state index contributed by atoms with van der Waals surface area (Å²) in [6.07, 6.45) is 1.68. The van der Waals surface area contributed by atoms with Crippen molar-refractivity contribution in [2.45, 2.75) is 25.5 Å². The molecule has 1 aliphatic heterocycles. The molecule has 2 unspecified atom stereocenters. The van der Waals surface area contributed by atoms with Crippen LogP contribution in [-0.4, -0.2) is 82.0 Å². The van der Waals surface area contributed by atoms with Gasteiger partial charge in [-0.1, -0.05) is 0 Å². The highest BCUT2D eigenvalue weighted by molar-refractivity contribution is 4.71. The summed E-state index contributed by atoms with van der Waals surface area (Å²) in [7, 11) is 16.0. The first-order chi connectivity index (χ1) is 7.00. The molecule has 2 atom stereocenters. The molecule has 0 radical (unpaired) electrons. The number of epoxide rings is 1. The maximum Gasteiger partial charge on any atom is 0.162 e. The van der Waals surface area contributed by atoms with Crippen LogP contribution in [0.2, 0.25) is 0 Å². The van der Waals surface area contributed by atoms with Gasteiger partial charge in [0, 0.05) is 6.42 Å². The quantitative estimate of drug-likeness (QED) is 0.276. The number of halogens is 3. The number of quaternary nitrogens is 3. The van der Waals surface area contributed by atoms with E-state index in [4.69, 9.17) is 4.74 Å². The second kappa shape index (κ2) is 7.64. The van der Waals surface area contributed by atoms with Crippen LogP contribution in [0.1, 0.15) is 13.3 Å². The SMILES string of the molecule is CC(CC1CO1)[N+](C)(C)[N+](C)(C)[N+](C)(C)C.[Cl-].[Cl-].[Cl-]. The molecule has 0 bridgehead atoms. The summed E-state index contributed by atoms with van der Waals surface area (Å²) in [5, 5.41) is 0. The molecule has 0 aromatic heterocycles. The van der Waals surface area contributed by atoms with Gasteiger partial charge in [-0.25, -0.2) is 0 Å². The maximum atomic E-state index is 5.35. The second-order valence-electron chi connectivity index (χ2n) is 6.80. The van der Waals surface area contributed by atoms with Crippen molar-refractivity contribution in [1.29, 1.82) is 0 Å². The molecule has 0 amide bonds. The Morgan fingerprint density at radius 3 is 1.58 bits per heavy atom. The van der Waals surface area contributed by atoms with E-state index in [2.05, 4.69) is 56.3 Å². The van der Waals surface area contributed by atoms with E-state index in [1.165, 1.54) is 0 Å². The lowest BCUT2D eigenvalue weighted by molar-refractivity contribution is -1.72. The van der Waals surface area contributed by atoms with Crippen molar-refractivity contribution in [1.82, 2.24) is 0 Å². The summed E-state index contributed by atoms with van der Waals surface area (Å²) in [5.41, 5.74) is 0. The molecule has 0 aromatic rings. The van der Waals surface area contributed by atoms with Crippen molar-refractivity contribution in [3.8, 4) is 0 Å². The van der Waals surface area contributed by atoms with E-state index in [-0.39, 0.29) is 37.2 Å². The predicted molar refractivity (Wildman–Crippen MR) is 66.1 cm³/mol. The molecule has 19 heavy (non-hydrogen) atoms. The van der Waals surface area contributed by atoms with Crippen molar-refractivity contribution in [3.05, 3.63) is 0 Å². The minimum Gasteiger partial charge on any atom is -1.00 e. The van der Waals surface area contributed by atoms with Crippen molar-refractivity contribution in [3.63, 3.8) is 0 Å². The number of ether oxygens (including phenoxy) is 1. The lowest BCUT2D eigenvalue weighted by Crippen LogP contribution is -3.00. The summed E-state index contributed by atoms with van der Waals surface area (Å²) in [5.74, 6) is 0. The molecule has 7 heteroatoms. The smallest absolute Gasteiger partial charge is 0.162 e. The van der Waals surface area contributed by atoms with E-state index in [0.29, 0.717) is 12.1 Å². The third-order valence-corrected chi connectivity index (χ3v) is 4.81. The van der Waals surface area contributed by atoms with E-state index < -0.39 is 0 Å². The first-order valence-electron chi connectivity index (χ1n) is 6.12. The monoisotopic (exact) mass is 337 g/mol. The average molecular weight is 339 g/mol. The van der Waals surface area contributed by atoms with Gasteiger partial charge >= 0.3 is 0 Å². The van der Waals surface area contributed by atoms with Crippen molar-refractivity contribution >= 4 is 0 Å². The Balaban J connectivity index is -0.000000853. The third kappa shape index (κ3) is 5.20. The van der Waals surface area contributed by atoms with Crippen LogP contribution in [-0.2, 0) is 4.74 Å². The lowest BCUT2D eigenvalue weighted by Gasteiger charge is -2.52. The van der Waals surface area contributed by atoms with Crippen LogP contribution in [0.15, 0.2) is 0 Å². The standard InChI is InChI=1S/C12H30N3O.3ClH/c1-11(9-12-10-16-12)14(5,6)15(7,8)13(2,3)4;;;/h11-12H,9-10H2,1-8H3;3*1H/q+3;;;/p-3. The van der Waals surface area contributed by atoms with Crippen molar-refractivity contribution in [2.75, 3.05) is 55.9 Å². The zero-order chi connectivity index (χ0) is 12.8. The maximum absolute atomic E-state index is 5.35. The first kappa shape index (κ1) is 24.7. The Labute approximate surface area is 137 Å². The third-order valence-electron chi connectivity index (χ3n) is 4.81. The summed E-state index contributed by atoms with van der Waals surface area (Å²) in [6.45, 7) is 3.29. The molecule has 1 saturated heterocycles. The minimum atomic E-state index is 0. The fourth-order valence-electron chi connectivity index (χ4n) is 2.02. The Morgan fingerprint density at radius 2 is 1.32 bits per heavy atom. The van der Waals surface area contributed by atoms with Crippen LogP contribution in [0, 0.1) is 0 Å². The molecule has 0 saturated carbocycles. The van der Waals surface area contributed by atoms with E-state index in [9.17, 15) is 0 Å². The molecule has 1 rings (SSSR count). The van der Waals surface area contributed by atoms with Crippen LogP contribution in [0.25, 0.3) is 0 Å². The molecule has 0 N–H and O–H groups in total. The Bertz CT molecular complexity index is 263. The number of hydrogen-bond donors (Lipinski definition) is 0. The fourth-order valence-corrected chi connectivity index (χ4v) is 2.02. The lowest BCUT2D eigenvalue weighted by atomic mass is 10.1. The molecule has 0 aromatic carbocycles. The van der Waals surface area contributed by atoms with Crippen LogP contribution in [0.5, 0.6) is 0 Å². The zero-order valence-electron chi connectivity index (χ0n) is 13.5. The van der Waals surface area contributed by atoms with E-state index in [1.54, 1.807) is 0 Å². The summed E-state index contributed by atoms with van der Waals surface area (Å²) >= 11 is 0. The highest BCUT2D eigenvalue weighted by atomic mass is 35.5. The van der Waals surface area contributed by atoms with Gasteiger partial charge in [0.1, 0.15) is 41.3 Å². The molecular formula is C12H30Cl3N3O. The van der Waals surface area contributed by atoms with E-state index in [0.717, 1.165) is 26.9 Å². The van der Waals surface area contributed by atoms with Gasteiger partial charge in [0.05, 0.1) is 12.7 Å². The number of hydrogen-bond acceptors (Lipinski definition) is 1. The molecule has 0 aliphatic carbocycles. The summed E-state index contributed by atoms with van der Waals surface area (Å²) in [4.78, 5) is 0. The van der Waals surface area contributed by atoms with Gasteiger partial charge in [0.2, 0.25) is 0 Å². The van der Waals surface area contributed by atoms with Gasteiger partial charge in [-0.2, -0.15) is 0 Å². The van der Waals surface area contributed by atoms with Crippen LogP contribution >= 0.6 is 0 Å². The molecule has 4 nitrogen and oxygen atoms in total. The summed E-state index contributed by atoms with van der Waals surface area (Å²) in [6, 6.07) is 0.597. The van der Waals surface area contributed by atoms with Crippen molar-refractivity contribution in [2.24, 2.45) is 0 Å². The first-order valence-corrected chi connectivity index (χ1v) is 6.12. The topological polar surface area (TPSA) is 12.5 Å². The van der Waals surface area contributed by atoms with Gasteiger partial charge < -0.3 is 42.0 Å². The average Bonchev–Trinajstić information content (AvgIpc) is 2.85. The Kier molecular flexibility index (Phi) is 9.94. The molecule has 1 fully saturated rings. The highest BCUT2D eigenvalue weighted by Crippen LogP contribution is 2.28. The molecular weight excluding hydrogens is 309 g/mol. The minimum absolute atomic E-state index is 0. The predicted octanol–water partition coefficient (Wildman–Crippen LogP) is -8.14. The van der Waals surface area contributed by atoms with Crippen LogP contribution < -0.4 is 37.2 Å². The Morgan fingerprint density at radius 1 is 0.947 bits per heavy atom. The molecule has 1 aliphatic rings. The van der Waals surface area contributed by atoms with Crippen molar-refractivity contribution < 1.29 is 55.8 Å². The van der Waals surface area contributed by atoms with Gasteiger partial charge in [0.15, 0.2) is 14.1 Å². The largest absolute Gasteiger partial charge is 1.00 e. The van der Waals surface area contributed by atoms with Gasteiger partial charge in [-0.15, -0.1) is 9.18 Å². The fraction of sp³-hybridized carbons (Fsp3) is 1.00. The van der Waals surface area contributed by atoms with E-state index >= 15 is 0 Å². The van der Waals surface area contributed by atoms with Crippen LogP contribution in [0.3, 0.4) is 0 Å². The number of rotatable bonds is 5. The normalized spacial score (nSPS) is 20.5. The molecule has 1 heterocycles. The van der Waals surface area contributed by atoms with Gasteiger partial charge in [0.25, 0.3) is 0 Å². The Hall–Kier alpha value is 0.710. The molecule has 120 valence electrons. The van der Waals surface area contributed by atoms with Gasteiger partial charge in [-0.3, -0.25) is 0 Å². The second-order valence-corrected chi connectivity index (χ2v) is 6.80. The highest BCUT2D eigenvalue weighted by Gasteiger charge is 2.51. The molecule has 0 spiro atoms.